The van der Waals surface area contributed by atoms with Crippen molar-refractivity contribution in [1.29, 1.82) is 0 Å². The van der Waals surface area contributed by atoms with Crippen LogP contribution in [0.5, 0.6) is 0 Å². The number of hydrogen-bond donors (Lipinski definition) is 0. The van der Waals surface area contributed by atoms with Crippen molar-refractivity contribution in [1.82, 2.24) is 19.1 Å². The molecule has 6 nitrogen and oxygen atoms in total. The Hall–Kier alpha value is -4.71. The Balaban J connectivity index is 1.49. The monoisotopic (exact) mass is 570 g/mol. The number of nitrogens with zero attached hydrogens (tertiary/aromatic N) is 4. The Morgan fingerprint density at radius 1 is 0.721 bits per heavy atom. The van der Waals surface area contributed by atoms with Crippen LogP contribution in [0.4, 0.5) is 0 Å². The van der Waals surface area contributed by atoms with Crippen LogP contribution in [0.3, 0.4) is 0 Å². The third-order valence-electron chi connectivity index (χ3n) is 8.19. The summed E-state index contributed by atoms with van der Waals surface area (Å²) in [5, 5.41) is 0. The van der Waals surface area contributed by atoms with Gasteiger partial charge in [0.15, 0.2) is 0 Å². The van der Waals surface area contributed by atoms with E-state index in [9.17, 15) is 4.79 Å². The molecule has 0 fully saturated rings. The van der Waals surface area contributed by atoms with Gasteiger partial charge in [-0.1, -0.05) is 86.5 Å². The molecule has 218 valence electrons. The smallest absolute Gasteiger partial charge is 0.337 e. The predicted molar refractivity (Wildman–Crippen MR) is 173 cm³/mol. The number of imidazole rings is 2. The Kier molecular flexibility index (Phi) is 8.64. The molecule has 0 N–H and O–H groups in total. The molecule has 2 aromatic heterocycles. The van der Waals surface area contributed by atoms with Crippen LogP contribution in [0, 0.1) is 0 Å². The zero-order chi connectivity index (χ0) is 29.6. The first kappa shape index (κ1) is 28.4. The number of aromatic nitrogens is 4. The molecule has 0 atom stereocenters. The van der Waals surface area contributed by atoms with Gasteiger partial charge in [0.05, 0.1) is 34.7 Å². The lowest BCUT2D eigenvalue weighted by atomic mass is 10.1. The van der Waals surface area contributed by atoms with Gasteiger partial charge in [0, 0.05) is 25.1 Å². The van der Waals surface area contributed by atoms with Gasteiger partial charge in [0.1, 0.15) is 11.6 Å². The summed E-state index contributed by atoms with van der Waals surface area (Å²) in [6.07, 6.45) is 6.02. The average molecular weight is 571 g/mol. The van der Waals surface area contributed by atoms with Gasteiger partial charge in [-0.3, -0.25) is 0 Å². The fourth-order valence-electron chi connectivity index (χ4n) is 5.96. The molecule has 0 bridgehead atoms. The molecule has 0 spiro atoms. The van der Waals surface area contributed by atoms with E-state index in [0.717, 1.165) is 90.9 Å². The molecule has 0 aliphatic rings. The van der Waals surface area contributed by atoms with E-state index >= 15 is 0 Å². The van der Waals surface area contributed by atoms with E-state index in [-0.39, 0.29) is 5.97 Å². The van der Waals surface area contributed by atoms with Gasteiger partial charge in [0.25, 0.3) is 0 Å². The Morgan fingerprint density at radius 3 is 2.19 bits per heavy atom. The molecule has 0 saturated carbocycles. The highest BCUT2D eigenvalue weighted by molar-refractivity contribution is 5.96. The standard InChI is InChI=1S/C37H38N4O2/c1-3-4-11-24-40-33-21-20-29(37(42)43-2)26-32(33)39-36(40)30-17-12-18-31-35(30)41(25-23-28-15-9-6-10-16-28)34(38-31)22-19-27-13-7-5-8-14-27/h5-10,12-18,20-21,26H,3-4,11,19,22-25H2,1-2H3. The molecular weight excluding hydrogens is 532 g/mol. The summed E-state index contributed by atoms with van der Waals surface area (Å²) in [4.78, 5) is 22.7. The van der Waals surface area contributed by atoms with E-state index in [1.54, 1.807) is 0 Å². The number of carbonyl (C=O) groups is 1. The minimum Gasteiger partial charge on any atom is -0.465 e. The van der Waals surface area contributed by atoms with Crippen LogP contribution < -0.4 is 0 Å². The SMILES string of the molecule is CCCCCn1c(-c2cccc3nc(CCc4ccccc4)n(CCc4ccccc4)c23)nc2cc(C(=O)OC)ccc21. The van der Waals surface area contributed by atoms with E-state index in [1.165, 1.54) is 18.2 Å². The third-order valence-corrected chi connectivity index (χ3v) is 8.19. The second-order valence-electron chi connectivity index (χ2n) is 11.1. The molecule has 0 saturated heterocycles. The largest absolute Gasteiger partial charge is 0.465 e. The number of para-hydroxylation sites is 1. The minimum absolute atomic E-state index is 0.354. The molecule has 6 heteroatoms. The normalized spacial score (nSPS) is 11.4. The van der Waals surface area contributed by atoms with Gasteiger partial charge in [-0.25, -0.2) is 14.8 Å². The number of aryl methyl sites for hydroxylation is 5. The highest BCUT2D eigenvalue weighted by Crippen LogP contribution is 2.33. The van der Waals surface area contributed by atoms with Crippen LogP contribution in [0.2, 0.25) is 0 Å². The summed E-state index contributed by atoms with van der Waals surface area (Å²) in [5.41, 5.74) is 8.10. The van der Waals surface area contributed by atoms with Gasteiger partial charge in [-0.05, 0) is 60.7 Å². The van der Waals surface area contributed by atoms with Crippen molar-refractivity contribution in [2.45, 2.75) is 58.5 Å². The molecule has 0 unspecified atom stereocenters. The van der Waals surface area contributed by atoms with Crippen LogP contribution in [-0.4, -0.2) is 32.2 Å². The van der Waals surface area contributed by atoms with Crippen molar-refractivity contribution >= 4 is 28.0 Å². The number of benzene rings is 4. The van der Waals surface area contributed by atoms with Crippen molar-refractivity contribution in [3.8, 4) is 11.4 Å². The molecule has 6 aromatic rings. The number of carbonyl (C=O) groups excluding carboxylic acids is 1. The zero-order valence-corrected chi connectivity index (χ0v) is 25.0. The van der Waals surface area contributed by atoms with Gasteiger partial charge in [-0.2, -0.15) is 0 Å². The summed E-state index contributed by atoms with van der Waals surface area (Å²) >= 11 is 0. The maximum absolute atomic E-state index is 12.3. The van der Waals surface area contributed by atoms with Gasteiger partial charge < -0.3 is 13.9 Å². The van der Waals surface area contributed by atoms with Crippen molar-refractivity contribution in [3.63, 3.8) is 0 Å². The highest BCUT2D eigenvalue weighted by Gasteiger charge is 2.21. The first-order valence-electron chi connectivity index (χ1n) is 15.3. The highest BCUT2D eigenvalue weighted by atomic mass is 16.5. The number of esters is 1. The van der Waals surface area contributed by atoms with E-state index in [1.807, 2.05) is 18.2 Å². The van der Waals surface area contributed by atoms with Gasteiger partial charge in [-0.15, -0.1) is 0 Å². The predicted octanol–water partition coefficient (Wildman–Crippen LogP) is 8.06. The summed E-state index contributed by atoms with van der Waals surface area (Å²) < 4.78 is 9.73. The minimum atomic E-state index is -0.354. The molecule has 0 aliphatic carbocycles. The summed E-state index contributed by atoms with van der Waals surface area (Å²) in [5.74, 6) is 1.64. The third kappa shape index (κ3) is 6.09. The zero-order valence-electron chi connectivity index (χ0n) is 25.0. The quantitative estimate of drug-likeness (QED) is 0.110. The van der Waals surface area contributed by atoms with Gasteiger partial charge in [0.2, 0.25) is 0 Å². The number of unbranched alkanes of at least 4 members (excludes halogenated alkanes) is 2. The van der Waals surface area contributed by atoms with E-state index in [2.05, 4.69) is 94.9 Å². The fourth-order valence-corrected chi connectivity index (χ4v) is 5.96. The lowest BCUT2D eigenvalue weighted by molar-refractivity contribution is 0.0601. The van der Waals surface area contributed by atoms with Crippen molar-refractivity contribution in [2.75, 3.05) is 7.11 Å². The summed E-state index contributed by atoms with van der Waals surface area (Å²) in [6.45, 7) is 3.90. The molecule has 2 heterocycles. The molecule has 43 heavy (non-hydrogen) atoms. The number of hydrogen-bond acceptors (Lipinski definition) is 4. The van der Waals surface area contributed by atoms with Crippen molar-refractivity contribution in [2.24, 2.45) is 0 Å². The Labute approximate surface area is 253 Å². The lowest BCUT2D eigenvalue weighted by Crippen LogP contribution is -2.09. The number of rotatable bonds is 12. The Morgan fingerprint density at radius 2 is 1.47 bits per heavy atom. The molecule has 0 aliphatic heterocycles. The van der Waals surface area contributed by atoms with Crippen molar-refractivity contribution in [3.05, 3.63) is 120 Å². The summed E-state index contributed by atoms with van der Waals surface area (Å²) in [6, 6.07) is 33.3. The molecular formula is C37H38N4O2. The lowest BCUT2D eigenvalue weighted by Gasteiger charge is -2.14. The first-order chi connectivity index (χ1) is 21.2. The Bertz CT molecular complexity index is 1840. The van der Waals surface area contributed by atoms with Crippen LogP contribution in [-0.2, 0) is 37.1 Å². The molecule has 6 rings (SSSR count). The number of methoxy groups -OCH3 is 1. The van der Waals surface area contributed by atoms with Crippen LogP contribution in [0.15, 0.2) is 97.1 Å². The topological polar surface area (TPSA) is 61.9 Å². The maximum Gasteiger partial charge on any atom is 0.337 e. The molecule has 4 aromatic carbocycles. The van der Waals surface area contributed by atoms with Crippen molar-refractivity contribution < 1.29 is 9.53 Å². The van der Waals surface area contributed by atoms with E-state index in [4.69, 9.17) is 14.7 Å². The van der Waals surface area contributed by atoms with E-state index < -0.39 is 0 Å². The van der Waals surface area contributed by atoms with E-state index in [0.29, 0.717) is 5.56 Å². The van der Waals surface area contributed by atoms with Crippen LogP contribution >= 0.6 is 0 Å². The summed E-state index contributed by atoms with van der Waals surface area (Å²) in [7, 11) is 1.41. The first-order valence-corrected chi connectivity index (χ1v) is 15.3. The molecule has 0 amide bonds. The average Bonchev–Trinajstić information content (AvgIpc) is 3.60. The second-order valence-corrected chi connectivity index (χ2v) is 11.1. The van der Waals surface area contributed by atoms with Crippen LogP contribution in [0.25, 0.3) is 33.5 Å². The number of fused-ring (bicyclic) bond motifs is 2. The fraction of sp³-hybridized carbons (Fsp3) is 0.270. The number of ether oxygens (including phenoxy) is 1. The maximum atomic E-state index is 12.3. The second kappa shape index (κ2) is 13.1. The molecule has 0 radical (unpaired) electrons. The van der Waals surface area contributed by atoms with Gasteiger partial charge >= 0.3 is 5.97 Å². The van der Waals surface area contributed by atoms with Crippen LogP contribution in [0.1, 0.15) is 53.5 Å².